The van der Waals surface area contributed by atoms with Crippen molar-refractivity contribution in [3.63, 3.8) is 0 Å². The average Bonchev–Trinajstić information content (AvgIpc) is 1.96. The predicted molar refractivity (Wildman–Crippen MR) is 53.3 cm³/mol. The Labute approximate surface area is 101 Å². The highest BCUT2D eigenvalue weighted by Gasteiger charge is 2.34. The smallest absolute Gasteiger partial charge is 0.405 e. The standard InChI is InChI=1S/C8H5F5INO/c1-3-6(7(9)10)4(2-5(14)15-3)16-8(11,12)13/h2,7H,1H3. The Hall–Kier alpha value is -0.670. The zero-order chi connectivity index (χ0) is 12.5. The van der Waals surface area contributed by atoms with Gasteiger partial charge in [0, 0.05) is 6.07 Å². The minimum Gasteiger partial charge on any atom is -0.405 e. The summed E-state index contributed by atoms with van der Waals surface area (Å²) in [5, 5.41) is 0. The molecule has 0 amide bonds. The highest BCUT2D eigenvalue weighted by Crippen LogP contribution is 2.35. The first kappa shape index (κ1) is 13.4. The normalized spacial score (nSPS) is 12.0. The van der Waals surface area contributed by atoms with Crippen molar-refractivity contribution in [2.45, 2.75) is 19.7 Å². The first-order valence-corrected chi connectivity index (χ1v) is 4.99. The zero-order valence-corrected chi connectivity index (χ0v) is 9.94. The Morgan fingerprint density at radius 1 is 1.38 bits per heavy atom. The van der Waals surface area contributed by atoms with Crippen LogP contribution in [0.2, 0.25) is 0 Å². The van der Waals surface area contributed by atoms with Crippen LogP contribution in [0.1, 0.15) is 17.7 Å². The summed E-state index contributed by atoms with van der Waals surface area (Å²) in [5.41, 5.74) is -1.01. The summed E-state index contributed by atoms with van der Waals surface area (Å²) in [6, 6.07) is 0.822. The lowest BCUT2D eigenvalue weighted by molar-refractivity contribution is -0.275. The lowest BCUT2D eigenvalue weighted by Gasteiger charge is -2.14. The number of ether oxygens (including phenoxy) is 1. The number of pyridine rings is 1. The van der Waals surface area contributed by atoms with Gasteiger partial charge in [-0.15, -0.1) is 13.2 Å². The van der Waals surface area contributed by atoms with E-state index in [-0.39, 0.29) is 9.39 Å². The molecule has 0 saturated heterocycles. The van der Waals surface area contributed by atoms with Gasteiger partial charge in [-0.05, 0) is 29.5 Å². The number of hydrogen-bond donors (Lipinski definition) is 0. The quantitative estimate of drug-likeness (QED) is 0.458. The van der Waals surface area contributed by atoms with E-state index >= 15 is 0 Å². The SMILES string of the molecule is Cc1nc(I)cc(OC(F)(F)F)c1C(F)F. The monoisotopic (exact) mass is 353 g/mol. The van der Waals surface area contributed by atoms with Gasteiger partial charge in [0.1, 0.15) is 9.45 Å². The molecule has 0 fully saturated rings. The van der Waals surface area contributed by atoms with Crippen molar-refractivity contribution in [3.05, 3.63) is 21.0 Å². The van der Waals surface area contributed by atoms with Crippen molar-refractivity contribution >= 4 is 22.6 Å². The second-order valence-electron chi connectivity index (χ2n) is 2.79. The molecule has 16 heavy (non-hydrogen) atoms. The average molecular weight is 353 g/mol. The largest absolute Gasteiger partial charge is 0.573 e. The van der Waals surface area contributed by atoms with E-state index in [1.54, 1.807) is 22.6 Å². The van der Waals surface area contributed by atoms with Gasteiger partial charge in [0.05, 0.1) is 11.3 Å². The number of hydrogen-bond acceptors (Lipinski definition) is 2. The van der Waals surface area contributed by atoms with E-state index in [1.807, 2.05) is 0 Å². The zero-order valence-electron chi connectivity index (χ0n) is 7.78. The van der Waals surface area contributed by atoms with Crippen molar-refractivity contribution in [2.24, 2.45) is 0 Å². The van der Waals surface area contributed by atoms with Crippen molar-refractivity contribution in [3.8, 4) is 5.75 Å². The van der Waals surface area contributed by atoms with E-state index < -0.39 is 24.1 Å². The predicted octanol–water partition coefficient (Wildman–Crippen LogP) is 3.83. The number of nitrogens with zero attached hydrogens (tertiary/aromatic N) is 1. The molecule has 2 nitrogen and oxygen atoms in total. The van der Waals surface area contributed by atoms with Gasteiger partial charge in [0.25, 0.3) is 6.43 Å². The molecule has 0 aliphatic heterocycles. The van der Waals surface area contributed by atoms with Crippen LogP contribution in [0.4, 0.5) is 22.0 Å². The summed E-state index contributed by atoms with van der Waals surface area (Å²) in [7, 11) is 0. The third-order valence-corrected chi connectivity index (χ3v) is 2.18. The van der Waals surface area contributed by atoms with Crippen molar-refractivity contribution in [1.82, 2.24) is 4.98 Å². The van der Waals surface area contributed by atoms with Crippen LogP contribution in [0.15, 0.2) is 6.07 Å². The fourth-order valence-corrected chi connectivity index (χ4v) is 1.74. The molecular weight excluding hydrogens is 348 g/mol. The van der Waals surface area contributed by atoms with Gasteiger partial charge in [-0.25, -0.2) is 13.8 Å². The summed E-state index contributed by atoms with van der Waals surface area (Å²) >= 11 is 1.62. The second-order valence-corrected chi connectivity index (χ2v) is 3.90. The maximum atomic E-state index is 12.5. The summed E-state index contributed by atoms with van der Waals surface area (Å²) in [4.78, 5) is 3.64. The summed E-state index contributed by atoms with van der Waals surface area (Å²) < 4.78 is 64.6. The molecule has 0 aliphatic rings. The Kier molecular flexibility index (Phi) is 3.92. The van der Waals surface area contributed by atoms with Crippen molar-refractivity contribution in [1.29, 1.82) is 0 Å². The highest BCUT2D eigenvalue weighted by atomic mass is 127. The van der Waals surface area contributed by atoms with Crippen LogP contribution in [0.25, 0.3) is 0 Å². The lowest BCUT2D eigenvalue weighted by Crippen LogP contribution is -2.19. The molecule has 0 spiro atoms. The van der Waals surface area contributed by atoms with Crippen LogP contribution < -0.4 is 4.74 Å². The van der Waals surface area contributed by atoms with Gasteiger partial charge < -0.3 is 4.74 Å². The first-order chi connectivity index (χ1) is 7.20. The Morgan fingerprint density at radius 3 is 2.38 bits per heavy atom. The van der Waals surface area contributed by atoms with E-state index in [0.717, 1.165) is 6.07 Å². The van der Waals surface area contributed by atoms with Gasteiger partial charge in [0.2, 0.25) is 0 Å². The molecule has 0 aromatic carbocycles. The number of aryl methyl sites for hydroxylation is 1. The van der Waals surface area contributed by atoms with Crippen LogP contribution >= 0.6 is 22.6 Å². The van der Waals surface area contributed by atoms with Gasteiger partial charge in [0.15, 0.2) is 0 Å². The van der Waals surface area contributed by atoms with E-state index in [1.165, 1.54) is 6.92 Å². The summed E-state index contributed by atoms with van der Waals surface area (Å²) in [6.45, 7) is 1.20. The molecule has 0 unspecified atom stereocenters. The molecule has 1 rings (SSSR count). The lowest BCUT2D eigenvalue weighted by atomic mass is 10.2. The van der Waals surface area contributed by atoms with Crippen LogP contribution in [0.5, 0.6) is 5.75 Å². The molecule has 0 atom stereocenters. The summed E-state index contributed by atoms with van der Waals surface area (Å²) in [6.07, 6.45) is -8.07. The maximum absolute atomic E-state index is 12.5. The molecule has 1 aromatic rings. The molecular formula is C8H5F5INO. The molecule has 0 N–H and O–H groups in total. The molecule has 8 heteroatoms. The maximum Gasteiger partial charge on any atom is 0.573 e. The Balaban J connectivity index is 3.24. The number of alkyl halides is 5. The Bertz CT molecular complexity index is 393. The Morgan fingerprint density at radius 2 is 1.94 bits per heavy atom. The molecule has 1 heterocycles. The molecule has 90 valence electrons. The van der Waals surface area contributed by atoms with E-state index in [0.29, 0.717) is 0 Å². The van der Waals surface area contributed by atoms with Crippen molar-refractivity contribution in [2.75, 3.05) is 0 Å². The number of aromatic nitrogens is 1. The number of rotatable bonds is 2. The highest BCUT2D eigenvalue weighted by molar-refractivity contribution is 14.1. The third kappa shape index (κ3) is 3.42. The van der Waals surface area contributed by atoms with Gasteiger partial charge >= 0.3 is 6.36 Å². The minimum atomic E-state index is -5.00. The first-order valence-electron chi connectivity index (χ1n) is 3.91. The van der Waals surface area contributed by atoms with E-state index in [4.69, 9.17) is 0 Å². The van der Waals surface area contributed by atoms with Gasteiger partial charge in [-0.3, -0.25) is 0 Å². The van der Waals surface area contributed by atoms with Crippen LogP contribution in [-0.4, -0.2) is 11.3 Å². The summed E-state index contributed by atoms with van der Waals surface area (Å²) in [5.74, 6) is -0.903. The fourth-order valence-electron chi connectivity index (χ4n) is 1.09. The van der Waals surface area contributed by atoms with Gasteiger partial charge in [-0.2, -0.15) is 0 Å². The molecule has 0 aliphatic carbocycles. The molecule has 0 bridgehead atoms. The molecule has 0 radical (unpaired) electrons. The third-order valence-electron chi connectivity index (χ3n) is 1.62. The van der Waals surface area contributed by atoms with Crippen LogP contribution in [-0.2, 0) is 0 Å². The van der Waals surface area contributed by atoms with Crippen molar-refractivity contribution < 1.29 is 26.7 Å². The minimum absolute atomic E-state index is 0.152. The van der Waals surface area contributed by atoms with E-state index in [9.17, 15) is 22.0 Å². The number of halogens is 6. The second kappa shape index (κ2) is 4.68. The fraction of sp³-hybridized carbons (Fsp3) is 0.375. The topological polar surface area (TPSA) is 22.1 Å². The van der Waals surface area contributed by atoms with Crippen LogP contribution in [0.3, 0.4) is 0 Å². The molecule has 1 aromatic heterocycles. The van der Waals surface area contributed by atoms with Crippen LogP contribution in [0, 0.1) is 10.6 Å². The molecule has 0 saturated carbocycles. The van der Waals surface area contributed by atoms with Gasteiger partial charge in [-0.1, -0.05) is 0 Å². The van der Waals surface area contributed by atoms with E-state index in [2.05, 4.69) is 9.72 Å².